The smallest absolute Gasteiger partial charge is 0.332 e. The first-order valence-electron chi connectivity index (χ1n) is 6.10. The minimum atomic E-state index is -4.69. The summed E-state index contributed by atoms with van der Waals surface area (Å²) in [5, 5.41) is 17.5. The number of hydrogen-bond acceptors (Lipinski definition) is 5. The van der Waals surface area contributed by atoms with Crippen LogP contribution in [0, 0.1) is 0 Å². The highest BCUT2D eigenvalue weighted by molar-refractivity contribution is 7.86. The van der Waals surface area contributed by atoms with Crippen molar-refractivity contribution in [2.45, 2.75) is 29.9 Å². The Labute approximate surface area is 115 Å². The third kappa shape index (κ3) is 2.32. The fraction of sp³-hybridized carbons (Fsp3) is 0.333. The maximum absolute atomic E-state index is 12.8. The molecule has 0 saturated heterocycles. The van der Waals surface area contributed by atoms with Gasteiger partial charge in [0.2, 0.25) is 0 Å². The zero-order valence-electron chi connectivity index (χ0n) is 10.3. The zero-order valence-corrected chi connectivity index (χ0v) is 11.2. The molecule has 1 aliphatic rings. The second-order valence-corrected chi connectivity index (χ2v) is 6.11. The lowest BCUT2D eigenvalue weighted by Gasteiger charge is -2.31. The van der Waals surface area contributed by atoms with Crippen LogP contribution < -0.4 is 0 Å². The Morgan fingerprint density at radius 3 is 2.45 bits per heavy atom. The standard InChI is InChI=1S/C12H12FN3O3S/c13-20(18,19)9-3-1-8(2-4-9)10-7-16(15-14-10)11-5-6-12(11)17/h1-4,7,11-12,17H,5-6H2/t11-,12-/m1/s1. The van der Waals surface area contributed by atoms with Crippen LogP contribution in [0.4, 0.5) is 3.89 Å². The summed E-state index contributed by atoms with van der Waals surface area (Å²) in [6, 6.07) is 5.25. The van der Waals surface area contributed by atoms with Crippen molar-refractivity contribution in [3.8, 4) is 11.3 Å². The molecule has 0 bridgehead atoms. The molecule has 3 rings (SSSR count). The highest BCUT2D eigenvalue weighted by atomic mass is 32.3. The van der Waals surface area contributed by atoms with E-state index in [0.29, 0.717) is 11.3 Å². The van der Waals surface area contributed by atoms with Crippen LogP contribution in [0.2, 0.25) is 0 Å². The topological polar surface area (TPSA) is 85.1 Å². The number of aromatic nitrogens is 3. The van der Waals surface area contributed by atoms with E-state index in [2.05, 4.69) is 10.3 Å². The summed E-state index contributed by atoms with van der Waals surface area (Å²) in [5.74, 6) is 0. The van der Waals surface area contributed by atoms with E-state index >= 15 is 0 Å². The molecule has 0 aliphatic heterocycles. The van der Waals surface area contributed by atoms with Gasteiger partial charge in [-0.25, -0.2) is 4.68 Å². The van der Waals surface area contributed by atoms with Crippen LogP contribution in [0.1, 0.15) is 18.9 Å². The Kier molecular flexibility index (Phi) is 3.06. The largest absolute Gasteiger partial charge is 0.391 e. The van der Waals surface area contributed by atoms with Gasteiger partial charge in [0.1, 0.15) is 5.69 Å². The van der Waals surface area contributed by atoms with Gasteiger partial charge in [-0.1, -0.05) is 17.3 Å². The molecular weight excluding hydrogens is 285 g/mol. The molecule has 0 radical (unpaired) electrons. The van der Waals surface area contributed by atoms with Crippen molar-refractivity contribution >= 4 is 10.2 Å². The van der Waals surface area contributed by atoms with Crippen LogP contribution in [0.25, 0.3) is 11.3 Å². The molecule has 106 valence electrons. The molecule has 20 heavy (non-hydrogen) atoms. The average Bonchev–Trinajstić information content (AvgIpc) is 2.85. The van der Waals surface area contributed by atoms with Gasteiger partial charge in [-0.3, -0.25) is 0 Å². The van der Waals surface area contributed by atoms with Crippen LogP contribution in [0.3, 0.4) is 0 Å². The van der Waals surface area contributed by atoms with E-state index in [-0.39, 0.29) is 10.9 Å². The minimum absolute atomic E-state index is 0.0539. The molecule has 1 aromatic heterocycles. The van der Waals surface area contributed by atoms with E-state index in [1.54, 1.807) is 10.9 Å². The summed E-state index contributed by atoms with van der Waals surface area (Å²) in [4.78, 5) is -0.386. The molecular formula is C12H12FN3O3S. The summed E-state index contributed by atoms with van der Waals surface area (Å²) in [6.45, 7) is 0. The quantitative estimate of drug-likeness (QED) is 0.863. The molecule has 8 heteroatoms. The summed E-state index contributed by atoms with van der Waals surface area (Å²) in [5.41, 5.74) is 1.18. The normalized spacial score (nSPS) is 22.5. The molecule has 1 saturated carbocycles. The summed E-state index contributed by atoms with van der Waals surface area (Å²) in [7, 11) is -4.69. The van der Waals surface area contributed by atoms with Crippen molar-refractivity contribution in [2.75, 3.05) is 0 Å². The molecule has 6 nitrogen and oxygen atoms in total. The van der Waals surface area contributed by atoms with E-state index in [1.807, 2.05) is 0 Å². The van der Waals surface area contributed by atoms with Crippen LogP contribution >= 0.6 is 0 Å². The molecule has 2 aromatic rings. The van der Waals surface area contributed by atoms with Crippen LogP contribution in [0.5, 0.6) is 0 Å². The van der Waals surface area contributed by atoms with Gasteiger partial charge in [0.25, 0.3) is 0 Å². The fourth-order valence-corrected chi connectivity index (χ4v) is 2.59. The Morgan fingerprint density at radius 2 is 1.95 bits per heavy atom. The average molecular weight is 297 g/mol. The zero-order chi connectivity index (χ0) is 14.3. The van der Waals surface area contributed by atoms with Crippen molar-refractivity contribution in [1.29, 1.82) is 0 Å². The van der Waals surface area contributed by atoms with Crippen molar-refractivity contribution < 1.29 is 17.4 Å². The molecule has 1 aliphatic carbocycles. The first-order chi connectivity index (χ1) is 9.45. The van der Waals surface area contributed by atoms with Crippen LogP contribution in [-0.4, -0.2) is 34.6 Å². The molecule has 1 fully saturated rings. The highest BCUT2D eigenvalue weighted by Crippen LogP contribution is 2.32. The van der Waals surface area contributed by atoms with Gasteiger partial charge in [-0.15, -0.1) is 8.98 Å². The Morgan fingerprint density at radius 1 is 1.25 bits per heavy atom. The third-order valence-corrected chi connectivity index (χ3v) is 4.32. The molecule has 0 amide bonds. The third-order valence-electron chi connectivity index (χ3n) is 3.48. The number of hydrogen-bond donors (Lipinski definition) is 1. The molecule has 0 unspecified atom stereocenters. The van der Waals surface area contributed by atoms with E-state index in [1.165, 1.54) is 24.3 Å². The predicted octanol–water partition coefficient (Wildman–Crippen LogP) is 1.30. The van der Waals surface area contributed by atoms with Gasteiger partial charge >= 0.3 is 10.2 Å². The number of nitrogens with zero attached hydrogens (tertiary/aromatic N) is 3. The summed E-state index contributed by atoms with van der Waals surface area (Å²) >= 11 is 0. The molecule has 0 spiro atoms. The van der Waals surface area contributed by atoms with Crippen LogP contribution in [-0.2, 0) is 10.2 Å². The van der Waals surface area contributed by atoms with Gasteiger partial charge in [-0.2, -0.15) is 8.42 Å². The lowest BCUT2D eigenvalue weighted by Crippen LogP contribution is -2.33. The molecule has 1 aromatic carbocycles. The van der Waals surface area contributed by atoms with E-state index in [4.69, 9.17) is 0 Å². The maximum atomic E-state index is 12.8. The summed E-state index contributed by atoms with van der Waals surface area (Å²) in [6.07, 6.45) is 2.89. The first-order valence-corrected chi connectivity index (χ1v) is 7.48. The van der Waals surface area contributed by atoms with E-state index in [9.17, 15) is 17.4 Å². The highest BCUT2D eigenvalue weighted by Gasteiger charge is 2.31. The maximum Gasteiger partial charge on any atom is 0.332 e. The predicted molar refractivity (Wildman–Crippen MR) is 68.0 cm³/mol. The number of rotatable bonds is 3. The van der Waals surface area contributed by atoms with Gasteiger partial charge in [0.15, 0.2) is 0 Å². The minimum Gasteiger partial charge on any atom is -0.391 e. The van der Waals surface area contributed by atoms with Crippen molar-refractivity contribution in [3.05, 3.63) is 30.5 Å². The van der Waals surface area contributed by atoms with Gasteiger partial charge in [0, 0.05) is 5.56 Å². The SMILES string of the molecule is O=S(=O)(F)c1ccc(-c2cn([C@@H]3CC[C@H]3O)nn2)cc1. The molecule has 2 atom stereocenters. The van der Waals surface area contributed by atoms with Gasteiger partial charge in [0.05, 0.1) is 23.2 Å². The van der Waals surface area contributed by atoms with E-state index < -0.39 is 16.3 Å². The first kappa shape index (κ1) is 13.2. The summed E-state index contributed by atoms with van der Waals surface area (Å²) < 4.78 is 35.8. The fourth-order valence-electron chi connectivity index (χ4n) is 2.13. The molecule has 1 heterocycles. The van der Waals surface area contributed by atoms with Gasteiger partial charge in [-0.05, 0) is 25.0 Å². The number of aliphatic hydroxyl groups excluding tert-OH is 1. The lowest BCUT2D eigenvalue weighted by atomic mass is 9.89. The Balaban J connectivity index is 1.86. The molecule has 1 N–H and O–H groups in total. The number of benzene rings is 1. The van der Waals surface area contributed by atoms with Gasteiger partial charge < -0.3 is 5.11 Å². The monoisotopic (exact) mass is 297 g/mol. The Hall–Kier alpha value is -1.80. The van der Waals surface area contributed by atoms with Crippen molar-refractivity contribution in [2.24, 2.45) is 0 Å². The number of aliphatic hydroxyl groups is 1. The van der Waals surface area contributed by atoms with Crippen molar-refractivity contribution in [1.82, 2.24) is 15.0 Å². The Bertz CT molecular complexity index is 727. The van der Waals surface area contributed by atoms with E-state index in [0.717, 1.165) is 12.8 Å². The second kappa shape index (κ2) is 4.64. The second-order valence-electron chi connectivity index (χ2n) is 4.76. The van der Waals surface area contributed by atoms with Crippen LogP contribution in [0.15, 0.2) is 35.4 Å². The lowest BCUT2D eigenvalue weighted by molar-refractivity contribution is 0.0244. The number of halogens is 1. The van der Waals surface area contributed by atoms with Crippen molar-refractivity contribution in [3.63, 3.8) is 0 Å².